The molecule has 0 radical (unpaired) electrons. The molecule has 18 heavy (non-hydrogen) atoms. The van der Waals surface area contributed by atoms with Gasteiger partial charge in [-0.2, -0.15) is 0 Å². The summed E-state index contributed by atoms with van der Waals surface area (Å²) < 4.78 is 0. The van der Waals surface area contributed by atoms with Crippen LogP contribution in [0.2, 0.25) is 0 Å². The van der Waals surface area contributed by atoms with Crippen molar-refractivity contribution in [2.75, 3.05) is 0 Å². The monoisotopic (exact) mass is 246 g/mol. The molecule has 1 rings (SSSR count). The second-order valence-electron chi connectivity index (χ2n) is 4.43. The first-order chi connectivity index (χ1) is 8.28. The molecule has 1 amide bonds. The van der Waals surface area contributed by atoms with Crippen LogP contribution < -0.4 is 5.32 Å². The Hall–Kier alpha value is -2.35. The Balaban J connectivity index is 3.13. The van der Waals surface area contributed by atoms with E-state index in [4.69, 9.17) is 6.42 Å². The highest BCUT2D eigenvalue weighted by Crippen LogP contribution is 2.21. The minimum absolute atomic E-state index is 0.0823. The third-order valence-corrected chi connectivity index (χ3v) is 2.53. The third-order valence-electron chi connectivity index (χ3n) is 2.53. The molecule has 94 valence electrons. The summed E-state index contributed by atoms with van der Waals surface area (Å²) in [4.78, 5) is 22.2. The van der Waals surface area contributed by atoms with Crippen molar-refractivity contribution in [3.8, 4) is 12.3 Å². The summed E-state index contributed by atoms with van der Waals surface area (Å²) in [6.07, 6.45) is 5.28. The smallest absolute Gasteiger partial charge is 0.273 e. The first-order valence-electron chi connectivity index (χ1n) is 5.33. The zero-order valence-corrected chi connectivity index (χ0v) is 10.5. The number of nitro benzene ring substituents is 1. The van der Waals surface area contributed by atoms with E-state index in [2.05, 4.69) is 11.2 Å². The van der Waals surface area contributed by atoms with Crippen molar-refractivity contribution in [3.63, 3.8) is 0 Å². The van der Waals surface area contributed by atoms with E-state index < -0.39 is 16.4 Å². The number of nitrogens with zero attached hydrogens (tertiary/aromatic N) is 1. The quantitative estimate of drug-likeness (QED) is 0.504. The lowest BCUT2D eigenvalue weighted by Gasteiger charge is -2.20. The SMILES string of the molecule is C#CC(C)(C)NC(=O)c1cccc([N+](=O)[O-])c1C. The molecule has 0 aliphatic carbocycles. The summed E-state index contributed by atoms with van der Waals surface area (Å²) in [5.41, 5.74) is -0.296. The number of benzene rings is 1. The molecule has 0 saturated carbocycles. The number of amides is 1. The van der Waals surface area contributed by atoms with E-state index in [0.717, 1.165) is 0 Å². The average molecular weight is 246 g/mol. The van der Waals surface area contributed by atoms with Gasteiger partial charge in [0.25, 0.3) is 11.6 Å². The van der Waals surface area contributed by atoms with E-state index in [1.54, 1.807) is 13.8 Å². The van der Waals surface area contributed by atoms with Crippen LogP contribution in [0.1, 0.15) is 29.8 Å². The molecule has 1 N–H and O–H groups in total. The van der Waals surface area contributed by atoms with Crippen LogP contribution in [-0.2, 0) is 0 Å². The maximum Gasteiger partial charge on any atom is 0.273 e. The number of hydrogen-bond acceptors (Lipinski definition) is 3. The zero-order valence-electron chi connectivity index (χ0n) is 10.5. The Bertz CT molecular complexity index is 542. The second-order valence-corrected chi connectivity index (χ2v) is 4.43. The Labute approximate surface area is 105 Å². The first-order valence-corrected chi connectivity index (χ1v) is 5.33. The molecule has 0 aliphatic rings. The van der Waals surface area contributed by atoms with Crippen LogP contribution in [-0.4, -0.2) is 16.4 Å². The minimum Gasteiger partial charge on any atom is -0.336 e. The van der Waals surface area contributed by atoms with Gasteiger partial charge < -0.3 is 5.32 Å². The lowest BCUT2D eigenvalue weighted by molar-refractivity contribution is -0.385. The Morgan fingerprint density at radius 2 is 2.11 bits per heavy atom. The number of nitrogens with one attached hydrogen (secondary N) is 1. The van der Waals surface area contributed by atoms with E-state index in [9.17, 15) is 14.9 Å². The molecule has 0 aliphatic heterocycles. The van der Waals surface area contributed by atoms with E-state index in [0.29, 0.717) is 5.56 Å². The molecule has 1 aromatic carbocycles. The van der Waals surface area contributed by atoms with Crippen LogP contribution >= 0.6 is 0 Å². The van der Waals surface area contributed by atoms with E-state index in [-0.39, 0.29) is 11.3 Å². The number of terminal acetylenes is 1. The van der Waals surface area contributed by atoms with Crippen molar-refractivity contribution < 1.29 is 9.72 Å². The predicted octanol–water partition coefficient (Wildman–Crippen LogP) is 2.04. The van der Waals surface area contributed by atoms with E-state index in [1.807, 2.05) is 0 Å². The fraction of sp³-hybridized carbons (Fsp3) is 0.308. The molecule has 0 bridgehead atoms. The average Bonchev–Trinajstić information content (AvgIpc) is 2.28. The van der Waals surface area contributed by atoms with Crippen LogP contribution in [0.4, 0.5) is 5.69 Å². The summed E-state index contributed by atoms with van der Waals surface area (Å²) in [6, 6.07) is 4.37. The molecular weight excluding hydrogens is 232 g/mol. The second kappa shape index (κ2) is 4.88. The topological polar surface area (TPSA) is 72.2 Å². The molecule has 0 heterocycles. The zero-order chi connectivity index (χ0) is 13.9. The van der Waals surface area contributed by atoms with Crippen LogP contribution in [0.15, 0.2) is 18.2 Å². The summed E-state index contributed by atoms with van der Waals surface area (Å²) in [6.45, 7) is 4.89. The molecule has 0 spiro atoms. The van der Waals surface area contributed by atoms with Gasteiger partial charge in [-0.15, -0.1) is 6.42 Å². The van der Waals surface area contributed by atoms with Crippen LogP contribution in [0.3, 0.4) is 0 Å². The molecule has 5 heteroatoms. The maximum atomic E-state index is 12.0. The van der Waals surface area contributed by atoms with Gasteiger partial charge in [-0.1, -0.05) is 12.0 Å². The van der Waals surface area contributed by atoms with Gasteiger partial charge in [0.1, 0.15) is 0 Å². The normalized spacial score (nSPS) is 10.6. The molecular formula is C13H14N2O3. The van der Waals surface area contributed by atoms with Crippen molar-refractivity contribution in [2.24, 2.45) is 0 Å². The predicted molar refractivity (Wildman–Crippen MR) is 68.2 cm³/mol. The minimum atomic E-state index is -0.797. The fourth-order valence-electron chi connectivity index (χ4n) is 1.45. The van der Waals surface area contributed by atoms with Crippen molar-refractivity contribution >= 4 is 11.6 Å². The summed E-state index contributed by atoms with van der Waals surface area (Å²) in [7, 11) is 0. The molecule has 0 atom stereocenters. The molecule has 0 aromatic heterocycles. The Morgan fingerprint density at radius 1 is 1.50 bits per heavy atom. The molecule has 0 saturated heterocycles. The Morgan fingerprint density at radius 3 is 2.61 bits per heavy atom. The largest absolute Gasteiger partial charge is 0.336 e. The van der Waals surface area contributed by atoms with Gasteiger partial charge >= 0.3 is 0 Å². The first kappa shape index (κ1) is 13.7. The standard InChI is InChI=1S/C13H14N2O3/c1-5-13(3,4)14-12(16)10-7-6-8-11(9(10)2)15(17)18/h1,6-8H,2-4H3,(H,14,16). The highest BCUT2D eigenvalue weighted by molar-refractivity contribution is 5.97. The summed E-state index contributed by atoms with van der Waals surface area (Å²) in [5.74, 6) is 2.02. The van der Waals surface area contributed by atoms with Crippen molar-refractivity contribution in [3.05, 3.63) is 39.4 Å². The molecule has 0 fully saturated rings. The van der Waals surface area contributed by atoms with Gasteiger partial charge in [0.2, 0.25) is 0 Å². The number of carbonyl (C=O) groups is 1. The van der Waals surface area contributed by atoms with Gasteiger partial charge in [0, 0.05) is 17.2 Å². The van der Waals surface area contributed by atoms with Gasteiger partial charge in [0.15, 0.2) is 0 Å². The number of rotatable bonds is 3. The lowest BCUT2D eigenvalue weighted by atomic mass is 10.0. The molecule has 5 nitrogen and oxygen atoms in total. The molecule has 0 unspecified atom stereocenters. The van der Waals surface area contributed by atoms with Crippen molar-refractivity contribution in [2.45, 2.75) is 26.3 Å². The Kier molecular flexibility index (Phi) is 3.72. The van der Waals surface area contributed by atoms with Gasteiger partial charge in [-0.05, 0) is 26.8 Å². The van der Waals surface area contributed by atoms with E-state index >= 15 is 0 Å². The third kappa shape index (κ3) is 2.86. The number of carbonyl (C=O) groups excluding carboxylic acids is 1. The van der Waals surface area contributed by atoms with Crippen LogP contribution in [0.25, 0.3) is 0 Å². The van der Waals surface area contributed by atoms with Crippen molar-refractivity contribution in [1.82, 2.24) is 5.32 Å². The highest BCUT2D eigenvalue weighted by atomic mass is 16.6. The lowest BCUT2D eigenvalue weighted by Crippen LogP contribution is -2.42. The van der Waals surface area contributed by atoms with Gasteiger partial charge in [-0.25, -0.2) is 0 Å². The maximum absolute atomic E-state index is 12.0. The van der Waals surface area contributed by atoms with E-state index in [1.165, 1.54) is 25.1 Å². The van der Waals surface area contributed by atoms with Crippen molar-refractivity contribution in [1.29, 1.82) is 0 Å². The van der Waals surface area contributed by atoms with Crippen LogP contribution in [0, 0.1) is 29.4 Å². The highest BCUT2D eigenvalue weighted by Gasteiger charge is 2.22. The summed E-state index contributed by atoms with van der Waals surface area (Å²) >= 11 is 0. The van der Waals surface area contributed by atoms with Gasteiger partial charge in [-0.3, -0.25) is 14.9 Å². The van der Waals surface area contributed by atoms with Crippen LogP contribution in [0.5, 0.6) is 0 Å². The van der Waals surface area contributed by atoms with Gasteiger partial charge in [0.05, 0.1) is 10.5 Å². The number of hydrogen-bond donors (Lipinski definition) is 1. The molecule has 1 aromatic rings. The fourth-order valence-corrected chi connectivity index (χ4v) is 1.45. The summed E-state index contributed by atoms with van der Waals surface area (Å²) in [5, 5.41) is 13.4. The number of nitro groups is 1.